The Kier molecular flexibility index (Phi) is 5.95. The Morgan fingerprint density at radius 1 is 1.10 bits per heavy atom. The van der Waals surface area contributed by atoms with Gasteiger partial charge in [-0.3, -0.25) is 4.79 Å². The number of hydrogen-bond acceptors (Lipinski definition) is 3. The first-order valence-electron chi connectivity index (χ1n) is 6.31. The number of nitrogens with two attached hydrogens (primary N) is 1. The van der Waals surface area contributed by atoms with Gasteiger partial charge in [0.2, 0.25) is 5.91 Å². The maximum Gasteiger partial charge on any atom is 0.335 e. The maximum atomic E-state index is 10.6. The van der Waals surface area contributed by atoms with Gasteiger partial charge in [-0.15, -0.1) is 0 Å². The van der Waals surface area contributed by atoms with E-state index in [-0.39, 0.29) is 5.91 Å². The maximum absolute atomic E-state index is 10.6. The summed E-state index contributed by atoms with van der Waals surface area (Å²) in [4.78, 5) is 20.9. The van der Waals surface area contributed by atoms with Gasteiger partial charge in [-0.25, -0.2) is 4.79 Å². The van der Waals surface area contributed by atoms with Crippen molar-refractivity contribution in [3.05, 3.63) is 59.7 Å². The molecule has 5 heteroatoms. The minimum absolute atomic E-state index is 0.0874. The number of amides is 1. The van der Waals surface area contributed by atoms with Crippen molar-refractivity contribution >= 4 is 23.3 Å². The Balaban J connectivity index is 0.000000211. The van der Waals surface area contributed by atoms with Crippen LogP contribution in [0.25, 0.3) is 0 Å². The van der Waals surface area contributed by atoms with Gasteiger partial charge >= 0.3 is 5.97 Å². The van der Waals surface area contributed by atoms with Crippen LogP contribution >= 0.6 is 0 Å². The van der Waals surface area contributed by atoms with Crippen LogP contribution in [0, 0.1) is 6.92 Å². The van der Waals surface area contributed by atoms with Gasteiger partial charge in [0.1, 0.15) is 0 Å². The van der Waals surface area contributed by atoms with E-state index in [2.05, 4.69) is 5.32 Å². The zero-order valence-electron chi connectivity index (χ0n) is 12.0. The Labute approximate surface area is 123 Å². The second kappa shape index (κ2) is 7.69. The average Bonchev–Trinajstić information content (AvgIpc) is 2.39. The molecule has 0 aromatic heterocycles. The average molecular weight is 286 g/mol. The lowest BCUT2D eigenvalue weighted by molar-refractivity contribution is -0.114. The number of aryl methyl sites for hydroxylation is 1. The predicted octanol–water partition coefficient (Wildman–Crippen LogP) is 2.92. The number of rotatable bonds is 2. The van der Waals surface area contributed by atoms with Crippen molar-refractivity contribution in [3.63, 3.8) is 0 Å². The van der Waals surface area contributed by atoms with Crippen LogP contribution in [0.3, 0.4) is 0 Å². The third-order valence-electron chi connectivity index (χ3n) is 2.51. The number of carboxylic acids is 1. The van der Waals surface area contributed by atoms with E-state index in [1.54, 1.807) is 48.5 Å². The standard InChI is InChI=1S/C8H10N2O.C8H8O2/c1-6(11)10-8-4-2-3-7(9)5-8;1-6-2-4-7(5-3-6)8(9)10/h2-5H,9H2,1H3,(H,10,11);2-5H,1H3,(H,9,10). The van der Waals surface area contributed by atoms with Crippen molar-refractivity contribution in [2.75, 3.05) is 11.1 Å². The van der Waals surface area contributed by atoms with Crippen LogP contribution in [0.4, 0.5) is 11.4 Å². The second-order valence-corrected chi connectivity index (χ2v) is 4.48. The molecule has 0 spiro atoms. The molecule has 0 unspecified atom stereocenters. The van der Waals surface area contributed by atoms with Gasteiger partial charge in [-0.05, 0) is 37.3 Å². The van der Waals surface area contributed by atoms with E-state index in [0.717, 1.165) is 11.3 Å². The van der Waals surface area contributed by atoms with Crippen LogP contribution in [0.1, 0.15) is 22.8 Å². The summed E-state index contributed by atoms with van der Waals surface area (Å²) in [5.74, 6) is -0.962. The Morgan fingerprint density at radius 3 is 2.19 bits per heavy atom. The highest BCUT2D eigenvalue weighted by Crippen LogP contribution is 2.10. The topological polar surface area (TPSA) is 92.4 Å². The molecule has 4 N–H and O–H groups in total. The molecule has 21 heavy (non-hydrogen) atoms. The van der Waals surface area contributed by atoms with E-state index in [1.807, 2.05) is 6.92 Å². The number of aromatic carboxylic acids is 1. The second-order valence-electron chi connectivity index (χ2n) is 4.48. The molecule has 2 aromatic carbocycles. The van der Waals surface area contributed by atoms with Gasteiger partial charge in [0.25, 0.3) is 0 Å². The molecule has 110 valence electrons. The molecule has 0 fully saturated rings. The minimum atomic E-state index is -0.875. The van der Waals surface area contributed by atoms with Crippen molar-refractivity contribution in [3.8, 4) is 0 Å². The van der Waals surface area contributed by atoms with Crippen molar-refractivity contribution in [2.24, 2.45) is 0 Å². The third kappa shape index (κ3) is 6.24. The molecule has 0 aliphatic carbocycles. The lowest BCUT2D eigenvalue weighted by atomic mass is 10.2. The van der Waals surface area contributed by atoms with Gasteiger partial charge in [-0.1, -0.05) is 23.8 Å². The van der Waals surface area contributed by atoms with Crippen LogP contribution in [0.5, 0.6) is 0 Å². The van der Waals surface area contributed by atoms with E-state index in [1.165, 1.54) is 6.92 Å². The fourth-order valence-corrected chi connectivity index (χ4v) is 1.52. The number of benzene rings is 2. The molecule has 0 radical (unpaired) electrons. The first-order chi connectivity index (χ1) is 9.88. The molecule has 5 nitrogen and oxygen atoms in total. The number of carbonyl (C=O) groups is 2. The third-order valence-corrected chi connectivity index (χ3v) is 2.51. The highest BCUT2D eigenvalue weighted by atomic mass is 16.4. The van der Waals surface area contributed by atoms with Gasteiger partial charge in [-0.2, -0.15) is 0 Å². The molecule has 0 aliphatic rings. The SMILES string of the molecule is CC(=O)Nc1cccc(N)c1.Cc1ccc(C(=O)O)cc1. The highest BCUT2D eigenvalue weighted by Gasteiger charge is 1.98. The summed E-state index contributed by atoms with van der Waals surface area (Å²) in [7, 11) is 0. The van der Waals surface area contributed by atoms with Gasteiger partial charge in [0.15, 0.2) is 0 Å². The van der Waals surface area contributed by atoms with E-state index in [0.29, 0.717) is 11.3 Å². The van der Waals surface area contributed by atoms with Crippen LogP contribution in [0.2, 0.25) is 0 Å². The number of carboxylic acid groups (broad SMARTS) is 1. The van der Waals surface area contributed by atoms with E-state index >= 15 is 0 Å². The molecule has 0 saturated heterocycles. The zero-order valence-corrected chi connectivity index (χ0v) is 12.0. The summed E-state index contributed by atoms with van der Waals surface area (Å²) in [5.41, 5.74) is 8.28. The lowest BCUT2D eigenvalue weighted by Crippen LogP contribution is -2.05. The molecule has 0 saturated carbocycles. The largest absolute Gasteiger partial charge is 0.478 e. The monoisotopic (exact) mass is 286 g/mol. The summed E-state index contributed by atoms with van der Waals surface area (Å²) in [6.45, 7) is 3.38. The Hall–Kier alpha value is -2.82. The van der Waals surface area contributed by atoms with Gasteiger partial charge in [0.05, 0.1) is 5.56 Å². The van der Waals surface area contributed by atoms with Crippen LogP contribution < -0.4 is 11.1 Å². The molecule has 2 rings (SSSR count). The van der Waals surface area contributed by atoms with E-state index in [9.17, 15) is 9.59 Å². The quantitative estimate of drug-likeness (QED) is 0.740. The first-order valence-corrected chi connectivity index (χ1v) is 6.31. The summed E-state index contributed by atoms with van der Waals surface area (Å²) < 4.78 is 0. The Bertz CT molecular complexity index is 622. The molecule has 0 atom stereocenters. The molecule has 2 aromatic rings. The van der Waals surface area contributed by atoms with Gasteiger partial charge < -0.3 is 16.2 Å². The fourth-order valence-electron chi connectivity index (χ4n) is 1.52. The summed E-state index contributed by atoms with van der Waals surface area (Å²) in [5, 5.41) is 11.1. The van der Waals surface area contributed by atoms with Crippen LogP contribution in [-0.4, -0.2) is 17.0 Å². The van der Waals surface area contributed by atoms with Crippen molar-refractivity contribution in [2.45, 2.75) is 13.8 Å². The van der Waals surface area contributed by atoms with E-state index < -0.39 is 5.97 Å². The highest BCUT2D eigenvalue weighted by molar-refractivity contribution is 5.89. The number of nitrogen functional groups attached to an aromatic ring is 1. The molecule has 0 aliphatic heterocycles. The lowest BCUT2D eigenvalue weighted by Gasteiger charge is -2.01. The number of hydrogen-bond donors (Lipinski definition) is 3. The predicted molar refractivity (Wildman–Crippen MR) is 83.3 cm³/mol. The molecule has 1 amide bonds. The first kappa shape index (κ1) is 16.2. The van der Waals surface area contributed by atoms with Crippen molar-refractivity contribution in [1.29, 1.82) is 0 Å². The summed E-state index contributed by atoms with van der Waals surface area (Å²) >= 11 is 0. The van der Waals surface area contributed by atoms with E-state index in [4.69, 9.17) is 10.8 Å². The fraction of sp³-hybridized carbons (Fsp3) is 0.125. The zero-order chi connectivity index (χ0) is 15.8. The molecule has 0 heterocycles. The number of nitrogens with one attached hydrogen (secondary N) is 1. The van der Waals surface area contributed by atoms with Gasteiger partial charge in [0, 0.05) is 18.3 Å². The number of anilines is 2. The molecule has 0 bridgehead atoms. The molecular weight excluding hydrogens is 268 g/mol. The summed E-state index contributed by atoms with van der Waals surface area (Å²) in [6, 6.07) is 13.8. The summed E-state index contributed by atoms with van der Waals surface area (Å²) in [6.07, 6.45) is 0. The number of carbonyl (C=O) groups excluding carboxylic acids is 1. The van der Waals surface area contributed by atoms with Crippen molar-refractivity contribution < 1.29 is 14.7 Å². The minimum Gasteiger partial charge on any atom is -0.478 e. The Morgan fingerprint density at radius 2 is 1.71 bits per heavy atom. The van der Waals surface area contributed by atoms with Crippen molar-refractivity contribution in [1.82, 2.24) is 0 Å². The van der Waals surface area contributed by atoms with Crippen LogP contribution in [-0.2, 0) is 4.79 Å². The molecular formula is C16H18N2O3. The normalized spacial score (nSPS) is 9.24. The van der Waals surface area contributed by atoms with Crippen LogP contribution in [0.15, 0.2) is 48.5 Å². The smallest absolute Gasteiger partial charge is 0.335 e.